The summed E-state index contributed by atoms with van der Waals surface area (Å²) in [6.07, 6.45) is -14.8. The first-order valence-corrected chi connectivity index (χ1v) is 16.9. The fourth-order valence-electron chi connectivity index (χ4n) is 6.09. The van der Waals surface area contributed by atoms with Crippen molar-refractivity contribution in [2.24, 2.45) is 0 Å². The summed E-state index contributed by atoms with van der Waals surface area (Å²) in [5.74, 6) is -4.84. The van der Waals surface area contributed by atoms with Crippen molar-refractivity contribution >= 4 is 23.0 Å². The molecule has 300 valence electrons. The lowest BCUT2D eigenvalue weighted by molar-refractivity contribution is -0.319. The normalized spacial score (nSPS) is 28.0. The van der Waals surface area contributed by atoms with E-state index >= 15 is 0 Å². The molecule has 2 fully saturated rings. The minimum atomic E-state index is -2.05. The van der Waals surface area contributed by atoms with Crippen molar-refractivity contribution in [3.8, 4) is 51.6 Å². The Hall–Kier alpha value is -5.64. The van der Waals surface area contributed by atoms with Gasteiger partial charge in [-0.1, -0.05) is 6.07 Å². The van der Waals surface area contributed by atoms with Crippen molar-refractivity contribution in [3.05, 3.63) is 70.4 Å². The van der Waals surface area contributed by atoms with Crippen LogP contribution in [0.5, 0.6) is 40.2 Å². The van der Waals surface area contributed by atoms with Crippen LogP contribution in [0.4, 0.5) is 0 Å². The number of aromatic hydroxyl groups is 5. The standard InChI is InChI=1S/C37H38O19/c1-14-27(44)30(47)32(49)36(52-14)51-13-24-28(45)31(48)35(55-25(43)8-4-15-3-6-19(40)22(9-15)50-2)37(54-24)56-34-29(46)26-21(42)11-17(38)12-23(26)53-33(34)16-5-7-18(39)20(41)10-16/h3-12,14,24,27-28,30-32,35-42,44-45,47-49H,13H2,1-2H3. The van der Waals surface area contributed by atoms with E-state index in [4.69, 9.17) is 32.8 Å². The summed E-state index contributed by atoms with van der Waals surface area (Å²) in [5, 5.41) is 104. The lowest BCUT2D eigenvalue weighted by Gasteiger charge is -2.43. The first-order chi connectivity index (χ1) is 26.6. The highest BCUT2D eigenvalue weighted by Gasteiger charge is 2.50. The molecule has 19 heteroatoms. The molecule has 3 heterocycles. The predicted molar refractivity (Wildman–Crippen MR) is 188 cm³/mol. The second-order valence-corrected chi connectivity index (χ2v) is 13.0. The van der Waals surface area contributed by atoms with Gasteiger partial charge >= 0.3 is 5.97 Å². The van der Waals surface area contributed by atoms with Gasteiger partial charge in [-0.3, -0.25) is 4.79 Å². The molecule has 4 aromatic rings. The number of esters is 1. The van der Waals surface area contributed by atoms with Gasteiger partial charge in [-0.15, -0.1) is 0 Å². The van der Waals surface area contributed by atoms with Crippen LogP contribution in [0.25, 0.3) is 28.4 Å². The van der Waals surface area contributed by atoms with Crippen LogP contribution in [-0.4, -0.2) is 132 Å². The van der Waals surface area contributed by atoms with Gasteiger partial charge in [0.05, 0.1) is 19.8 Å². The summed E-state index contributed by atoms with van der Waals surface area (Å²) in [6.45, 7) is 0.713. The largest absolute Gasteiger partial charge is 0.508 e. The zero-order valence-corrected chi connectivity index (χ0v) is 29.4. The predicted octanol–water partition coefficient (Wildman–Crippen LogP) is 0.291. The number of benzene rings is 3. The molecule has 2 aliphatic rings. The Morgan fingerprint density at radius 3 is 2.23 bits per heavy atom. The van der Waals surface area contributed by atoms with Gasteiger partial charge < -0.3 is 83.9 Å². The van der Waals surface area contributed by atoms with Gasteiger partial charge in [0.2, 0.25) is 17.5 Å². The first kappa shape index (κ1) is 40.0. The summed E-state index contributed by atoms with van der Waals surface area (Å²) >= 11 is 0. The van der Waals surface area contributed by atoms with Crippen LogP contribution in [0.15, 0.2) is 63.8 Å². The van der Waals surface area contributed by atoms with Crippen LogP contribution >= 0.6 is 0 Å². The molecule has 3 aromatic carbocycles. The van der Waals surface area contributed by atoms with Gasteiger partial charge in [-0.25, -0.2) is 4.79 Å². The Morgan fingerprint density at radius 2 is 1.52 bits per heavy atom. The van der Waals surface area contributed by atoms with Crippen LogP contribution < -0.4 is 14.9 Å². The quantitative estimate of drug-likeness (QED) is 0.0587. The topological polar surface area (TPSA) is 305 Å². The Bertz CT molecular complexity index is 2170. The van der Waals surface area contributed by atoms with E-state index in [-0.39, 0.29) is 22.6 Å². The molecule has 2 saturated heterocycles. The Labute approximate surface area is 315 Å². The lowest BCUT2D eigenvalue weighted by atomic mass is 9.98. The molecule has 6 rings (SSSR count). The van der Waals surface area contributed by atoms with Crippen molar-refractivity contribution in [3.63, 3.8) is 0 Å². The highest BCUT2D eigenvalue weighted by molar-refractivity contribution is 5.89. The number of methoxy groups -OCH3 is 1. The van der Waals surface area contributed by atoms with Gasteiger partial charge in [-0.05, 0) is 48.9 Å². The molecular weight excluding hydrogens is 748 g/mol. The molecule has 0 radical (unpaired) electrons. The molecule has 0 aliphatic carbocycles. The number of aliphatic hydroxyl groups excluding tert-OH is 5. The average Bonchev–Trinajstić information content (AvgIpc) is 3.16. The summed E-state index contributed by atoms with van der Waals surface area (Å²) in [7, 11) is 1.32. The summed E-state index contributed by atoms with van der Waals surface area (Å²) < 4.78 is 39.3. The van der Waals surface area contributed by atoms with Gasteiger partial charge in [0.1, 0.15) is 59.1 Å². The molecular formula is C37H38O19. The molecule has 19 nitrogen and oxygen atoms in total. The van der Waals surface area contributed by atoms with Gasteiger partial charge in [-0.2, -0.15) is 0 Å². The number of aliphatic hydroxyl groups is 5. The summed E-state index contributed by atoms with van der Waals surface area (Å²) in [6, 6.07) is 9.29. The minimum absolute atomic E-state index is 0.0903. The third-order valence-corrected chi connectivity index (χ3v) is 9.13. The Balaban J connectivity index is 1.38. The maximum Gasteiger partial charge on any atom is 0.331 e. The van der Waals surface area contributed by atoms with Crippen molar-refractivity contribution in [2.75, 3.05) is 13.7 Å². The van der Waals surface area contributed by atoms with Crippen molar-refractivity contribution in [2.45, 2.75) is 68.3 Å². The fraction of sp³-hybridized carbons (Fsp3) is 0.351. The number of phenolic OH excluding ortho intramolecular Hbond substituents is 5. The maximum atomic E-state index is 14.1. The third-order valence-electron chi connectivity index (χ3n) is 9.13. The van der Waals surface area contributed by atoms with E-state index in [2.05, 4.69) is 0 Å². The maximum absolute atomic E-state index is 14.1. The van der Waals surface area contributed by atoms with Crippen LogP contribution in [0.2, 0.25) is 0 Å². The molecule has 10 atom stereocenters. The minimum Gasteiger partial charge on any atom is -0.508 e. The van der Waals surface area contributed by atoms with Crippen LogP contribution in [-0.2, 0) is 23.7 Å². The zero-order valence-electron chi connectivity index (χ0n) is 29.4. The van der Waals surface area contributed by atoms with Crippen LogP contribution in [0.3, 0.4) is 0 Å². The number of carbonyl (C=O) groups excluding carboxylic acids is 1. The number of carbonyl (C=O) groups is 1. The molecule has 10 unspecified atom stereocenters. The lowest BCUT2D eigenvalue weighted by Crippen LogP contribution is -2.62. The smallest absolute Gasteiger partial charge is 0.331 e. The summed E-state index contributed by atoms with van der Waals surface area (Å²) in [5.41, 5.74) is -1.15. The number of phenols is 5. The van der Waals surface area contributed by atoms with Crippen LogP contribution in [0.1, 0.15) is 12.5 Å². The van der Waals surface area contributed by atoms with E-state index in [1.807, 2.05) is 0 Å². The van der Waals surface area contributed by atoms with Gasteiger partial charge in [0.25, 0.3) is 0 Å². The number of hydrogen-bond acceptors (Lipinski definition) is 19. The highest BCUT2D eigenvalue weighted by Crippen LogP contribution is 2.40. The number of fused-ring (bicyclic) bond motifs is 1. The SMILES string of the molecule is COc1cc(C=CC(=O)OC2C(Oc3c(-c4ccc(O)c(O)c4)oc4cc(O)cc(O)c4c3=O)OC(COC3OC(C)C(O)C(O)C3O)C(O)C2O)ccc1O. The second-order valence-electron chi connectivity index (χ2n) is 13.0. The Kier molecular flexibility index (Phi) is 11.6. The zero-order chi connectivity index (χ0) is 40.6. The Morgan fingerprint density at radius 1 is 0.786 bits per heavy atom. The average molecular weight is 787 g/mol. The second kappa shape index (κ2) is 16.2. The third kappa shape index (κ3) is 8.01. The van der Waals surface area contributed by atoms with E-state index < -0.39 is 119 Å². The van der Waals surface area contributed by atoms with Crippen molar-refractivity contribution in [1.29, 1.82) is 0 Å². The number of hydrogen-bond donors (Lipinski definition) is 10. The molecule has 2 aliphatic heterocycles. The molecule has 1 aromatic heterocycles. The molecule has 0 saturated carbocycles. The van der Waals surface area contributed by atoms with Crippen LogP contribution in [0, 0.1) is 0 Å². The number of ether oxygens (including phenoxy) is 6. The van der Waals surface area contributed by atoms with E-state index in [1.54, 1.807) is 0 Å². The van der Waals surface area contributed by atoms with Gasteiger partial charge in [0, 0.05) is 23.8 Å². The van der Waals surface area contributed by atoms with E-state index in [0.717, 1.165) is 30.3 Å². The highest BCUT2D eigenvalue weighted by atomic mass is 16.7. The molecule has 56 heavy (non-hydrogen) atoms. The first-order valence-electron chi connectivity index (χ1n) is 16.9. The van der Waals surface area contributed by atoms with Crippen molar-refractivity contribution in [1.82, 2.24) is 0 Å². The van der Waals surface area contributed by atoms with E-state index in [9.17, 15) is 60.7 Å². The van der Waals surface area contributed by atoms with Crippen molar-refractivity contribution < 1.29 is 88.7 Å². The molecule has 10 N–H and O–H groups in total. The molecule has 0 bridgehead atoms. The van der Waals surface area contributed by atoms with E-state index in [0.29, 0.717) is 5.56 Å². The summed E-state index contributed by atoms with van der Waals surface area (Å²) in [4.78, 5) is 27.2. The van der Waals surface area contributed by atoms with E-state index in [1.165, 1.54) is 44.4 Å². The molecule has 0 amide bonds. The molecule has 0 spiro atoms. The fourth-order valence-corrected chi connectivity index (χ4v) is 6.09. The monoisotopic (exact) mass is 786 g/mol. The number of rotatable bonds is 10. The van der Waals surface area contributed by atoms with Gasteiger partial charge in [0.15, 0.2) is 41.2 Å².